The molecule has 0 saturated heterocycles. The highest BCUT2D eigenvalue weighted by Gasteiger charge is 2.21. The first-order valence-corrected chi connectivity index (χ1v) is 10.5. The molecule has 0 heterocycles. The number of carbonyl (C=O) groups excluding carboxylic acids is 2. The fourth-order valence-corrected chi connectivity index (χ4v) is 2.76. The van der Waals surface area contributed by atoms with E-state index in [0.717, 1.165) is 11.1 Å². The Kier molecular flexibility index (Phi) is 10.0. The van der Waals surface area contributed by atoms with Gasteiger partial charge in [-0.25, -0.2) is 10.2 Å². The Morgan fingerprint density at radius 1 is 1.09 bits per heavy atom. The van der Waals surface area contributed by atoms with Crippen LogP contribution in [-0.4, -0.2) is 44.6 Å². The van der Waals surface area contributed by atoms with Crippen molar-refractivity contribution in [1.29, 1.82) is 0 Å². The van der Waals surface area contributed by atoms with Gasteiger partial charge in [0, 0.05) is 6.42 Å². The van der Waals surface area contributed by atoms with Crippen molar-refractivity contribution in [3.63, 3.8) is 0 Å². The molecular weight excluding hydrogens is 410 g/mol. The van der Waals surface area contributed by atoms with E-state index in [1.54, 1.807) is 26.2 Å². The van der Waals surface area contributed by atoms with E-state index in [0.29, 0.717) is 30.4 Å². The zero-order valence-corrected chi connectivity index (χ0v) is 19.0. The van der Waals surface area contributed by atoms with Gasteiger partial charge in [0.15, 0.2) is 11.5 Å². The molecule has 2 amide bonds. The molecule has 1 atom stereocenters. The first-order chi connectivity index (χ1) is 15.4. The smallest absolute Gasteiger partial charge is 0.407 e. The molecule has 2 aromatic carbocycles. The molecule has 0 aliphatic rings. The molecule has 2 N–H and O–H groups in total. The number of nitrogens with one attached hydrogen (secondary N) is 2. The van der Waals surface area contributed by atoms with Crippen LogP contribution >= 0.6 is 0 Å². The Balaban J connectivity index is 2.04. The standard InChI is InChI=1S/C24H31N3O5/c1-5-31-24(29)26-20(13-18-9-7-6-8-10-18)23(28)27-25-15-19-11-12-21(22(14-19)30-4)32-16-17(2)3/h6-12,14-15,17,20H,5,13,16H2,1-4H3,(H,26,29)(H,27,28)/b25-15-/t20-/m1/s1. The van der Waals surface area contributed by atoms with Gasteiger partial charge in [0.05, 0.1) is 26.5 Å². The third-order valence-electron chi connectivity index (χ3n) is 4.31. The van der Waals surface area contributed by atoms with Crippen LogP contribution in [0.4, 0.5) is 4.79 Å². The summed E-state index contributed by atoms with van der Waals surface area (Å²) in [6, 6.07) is 13.9. The number of ether oxygens (including phenoxy) is 3. The monoisotopic (exact) mass is 441 g/mol. The summed E-state index contributed by atoms with van der Waals surface area (Å²) in [6.07, 6.45) is 1.14. The highest BCUT2D eigenvalue weighted by atomic mass is 16.5. The predicted octanol–water partition coefficient (Wildman–Crippen LogP) is 3.54. The van der Waals surface area contributed by atoms with Crippen LogP contribution in [0.1, 0.15) is 31.9 Å². The van der Waals surface area contributed by atoms with Crippen molar-refractivity contribution in [2.24, 2.45) is 11.0 Å². The third kappa shape index (κ3) is 8.29. The van der Waals surface area contributed by atoms with Crippen molar-refractivity contribution in [3.8, 4) is 11.5 Å². The summed E-state index contributed by atoms with van der Waals surface area (Å²) >= 11 is 0. The van der Waals surface area contributed by atoms with Crippen molar-refractivity contribution in [1.82, 2.24) is 10.7 Å². The van der Waals surface area contributed by atoms with E-state index < -0.39 is 18.0 Å². The largest absolute Gasteiger partial charge is 0.493 e. The van der Waals surface area contributed by atoms with E-state index in [9.17, 15) is 9.59 Å². The molecule has 0 spiro atoms. The Morgan fingerprint density at radius 3 is 2.50 bits per heavy atom. The molecule has 0 aliphatic carbocycles. The van der Waals surface area contributed by atoms with Gasteiger partial charge in [0.25, 0.3) is 5.91 Å². The van der Waals surface area contributed by atoms with Crippen LogP contribution in [0.3, 0.4) is 0 Å². The summed E-state index contributed by atoms with van der Waals surface area (Å²) in [7, 11) is 1.56. The second kappa shape index (κ2) is 13.0. The lowest BCUT2D eigenvalue weighted by Crippen LogP contribution is -2.47. The third-order valence-corrected chi connectivity index (χ3v) is 4.31. The normalized spacial score (nSPS) is 11.8. The molecule has 2 aromatic rings. The number of rotatable bonds is 11. The molecule has 0 saturated carbocycles. The van der Waals surface area contributed by atoms with Gasteiger partial charge in [0.1, 0.15) is 6.04 Å². The Hall–Kier alpha value is -3.55. The molecule has 172 valence electrons. The second-order valence-electron chi connectivity index (χ2n) is 7.46. The zero-order valence-electron chi connectivity index (χ0n) is 19.0. The lowest BCUT2D eigenvalue weighted by atomic mass is 10.1. The Bertz CT molecular complexity index is 900. The van der Waals surface area contributed by atoms with Crippen LogP contribution in [-0.2, 0) is 16.0 Å². The van der Waals surface area contributed by atoms with E-state index >= 15 is 0 Å². The van der Waals surface area contributed by atoms with E-state index in [1.807, 2.05) is 36.4 Å². The maximum Gasteiger partial charge on any atom is 0.407 e. The van der Waals surface area contributed by atoms with Gasteiger partial charge in [-0.1, -0.05) is 44.2 Å². The zero-order chi connectivity index (χ0) is 23.3. The number of carbonyl (C=O) groups is 2. The highest BCUT2D eigenvalue weighted by molar-refractivity contribution is 5.87. The van der Waals surface area contributed by atoms with Gasteiger partial charge < -0.3 is 19.5 Å². The molecule has 32 heavy (non-hydrogen) atoms. The van der Waals surface area contributed by atoms with E-state index in [4.69, 9.17) is 14.2 Å². The average Bonchev–Trinajstić information content (AvgIpc) is 2.78. The lowest BCUT2D eigenvalue weighted by Gasteiger charge is -2.17. The second-order valence-corrected chi connectivity index (χ2v) is 7.46. The molecule has 0 unspecified atom stereocenters. The summed E-state index contributed by atoms with van der Waals surface area (Å²) in [4.78, 5) is 24.5. The molecule has 0 bridgehead atoms. The fraction of sp³-hybridized carbons (Fsp3) is 0.375. The van der Waals surface area contributed by atoms with Crippen molar-refractivity contribution in [2.45, 2.75) is 33.2 Å². The van der Waals surface area contributed by atoms with Crippen molar-refractivity contribution in [2.75, 3.05) is 20.3 Å². The first kappa shape index (κ1) is 24.7. The molecule has 0 aliphatic heterocycles. The lowest BCUT2D eigenvalue weighted by molar-refractivity contribution is -0.123. The maximum atomic E-state index is 12.7. The SMILES string of the molecule is CCOC(=O)N[C@H](Cc1ccccc1)C(=O)N/N=C\c1ccc(OCC(C)C)c(OC)c1. The Labute approximate surface area is 188 Å². The van der Waals surface area contributed by atoms with Crippen molar-refractivity contribution < 1.29 is 23.8 Å². The minimum absolute atomic E-state index is 0.211. The van der Waals surface area contributed by atoms with Crippen LogP contribution < -0.4 is 20.2 Å². The van der Waals surface area contributed by atoms with Gasteiger partial charge in [-0.05, 0) is 42.2 Å². The van der Waals surface area contributed by atoms with Crippen molar-refractivity contribution >= 4 is 18.2 Å². The molecule has 0 aromatic heterocycles. The fourth-order valence-electron chi connectivity index (χ4n) is 2.76. The summed E-state index contributed by atoms with van der Waals surface area (Å²) in [6.45, 7) is 6.62. The summed E-state index contributed by atoms with van der Waals surface area (Å²) in [5.74, 6) is 1.15. The number of methoxy groups -OCH3 is 1. The topological polar surface area (TPSA) is 98.2 Å². The molecule has 8 heteroatoms. The minimum atomic E-state index is -0.838. The van der Waals surface area contributed by atoms with Crippen LogP contribution in [0.15, 0.2) is 53.6 Å². The number of hydrazone groups is 1. The predicted molar refractivity (Wildman–Crippen MR) is 123 cm³/mol. The first-order valence-electron chi connectivity index (χ1n) is 10.5. The number of alkyl carbamates (subject to hydrolysis) is 1. The van der Waals surface area contributed by atoms with E-state index in [-0.39, 0.29) is 6.61 Å². The Morgan fingerprint density at radius 2 is 1.84 bits per heavy atom. The number of hydrogen-bond acceptors (Lipinski definition) is 6. The van der Waals surface area contributed by atoms with Gasteiger partial charge in [-0.15, -0.1) is 0 Å². The van der Waals surface area contributed by atoms with Crippen LogP contribution in [0.5, 0.6) is 11.5 Å². The molecule has 0 radical (unpaired) electrons. The number of amides is 2. The number of benzene rings is 2. The van der Waals surface area contributed by atoms with Crippen LogP contribution in [0.2, 0.25) is 0 Å². The quantitative estimate of drug-likeness (QED) is 0.411. The average molecular weight is 442 g/mol. The number of hydrogen-bond donors (Lipinski definition) is 2. The van der Waals surface area contributed by atoms with Gasteiger partial charge in [-0.2, -0.15) is 5.10 Å². The summed E-state index contributed by atoms with van der Waals surface area (Å²) in [5, 5.41) is 6.60. The van der Waals surface area contributed by atoms with Gasteiger partial charge in [0.2, 0.25) is 0 Å². The summed E-state index contributed by atoms with van der Waals surface area (Å²) in [5.41, 5.74) is 4.10. The molecule has 8 nitrogen and oxygen atoms in total. The van der Waals surface area contributed by atoms with E-state index in [1.165, 1.54) is 6.21 Å². The van der Waals surface area contributed by atoms with E-state index in [2.05, 4.69) is 29.7 Å². The van der Waals surface area contributed by atoms with Gasteiger partial charge >= 0.3 is 6.09 Å². The molecule has 0 fully saturated rings. The van der Waals surface area contributed by atoms with Crippen LogP contribution in [0.25, 0.3) is 0 Å². The summed E-state index contributed by atoms with van der Waals surface area (Å²) < 4.78 is 16.0. The highest BCUT2D eigenvalue weighted by Crippen LogP contribution is 2.27. The number of nitrogens with zero attached hydrogens (tertiary/aromatic N) is 1. The maximum absolute atomic E-state index is 12.7. The minimum Gasteiger partial charge on any atom is -0.493 e. The molecular formula is C24H31N3O5. The molecule has 2 rings (SSSR count). The van der Waals surface area contributed by atoms with Crippen LogP contribution in [0, 0.1) is 5.92 Å². The van der Waals surface area contributed by atoms with Gasteiger partial charge in [-0.3, -0.25) is 4.79 Å². The van der Waals surface area contributed by atoms with Crippen molar-refractivity contribution in [3.05, 3.63) is 59.7 Å².